The van der Waals surface area contributed by atoms with Gasteiger partial charge in [0.2, 0.25) is 0 Å². The molecule has 0 unspecified atom stereocenters. The molecule has 130 valence electrons. The summed E-state index contributed by atoms with van der Waals surface area (Å²) in [4.78, 5) is 0. The van der Waals surface area contributed by atoms with Crippen molar-refractivity contribution in [2.75, 3.05) is 13.2 Å². The van der Waals surface area contributed by atoms with E-state index < -0.39 is 0 Å². The highest BCUT2D eigenvalue weighted by Crippen LogP contribution is 2.29. The summed E-state index contributed by atoms with van der Waals surface area (Å²) >= 11 is 0. The lowest BCUT2D eigenvalue weighted by Crippen LogP contribution is -2.14. The van der Waals surface area contributed by atoms with Crippen molar-refractivity contribution in [3.8, 4) is 11.5 Å². The third kappa shape index (κ3) is 6.25. The van der Waals surface area contributed by atoms with E-state index in [1.165, 1.54) is 24.8 Å². The van der Waals surface area contributed by atoms with Crippen molar-refractivity contribution < 1.29 is 9.47 Å². The molecule has 24 heavy (non-hydrogen) atoms. The lowest BCUT2D eigenvalue weighted by Gasteiger charge is -2.14. The zero-order valence-corrected chi connectivity index (χ0v) is 14.9. The van der Waals surface area contributed by atoms with Gasteiger partial charge in [0.05, 0.1) is 6.61 Å². The fourth-order valence-electron chi connectivity index (χ4n) is 2.52. The Hall–Kier alpha value is -2.00. The molecule has 0 aliphatic rings. The first-order valence-corrected chi connectivity index (χ1v) is 8.96. The van der Waals surface area contributed by atoms with Gasteiger partial charge in [-0.2, -0.15) is 0 Å². The summed E-state index contributed by atoms with van der Waals surface area (Å²) in [6, 6.07) is 16.4. The van der Waals surface area contributed by atoms with Gasteiger partial charge in [0.1, 0.15) is 6.61 Å². The molecule has 0 aliphatic heterocycles. The second-order valence-corrected chi connectivity index (χ2v) is 5.87. The summed E-state index contributed by atoms with van der Waals surface area (Å²) in [5.74, 6) is 1.62. The van der Waals surface area contributed by atoms with Gasteiger partial charge < -0.3 is 14.8 Å². The van der Waals surface area contributed by atoms with Crippen LogP contribution in [-0.4, -0.2) is 13.2 Å². The molecule has 0 amide bonds. The molecule has 1 N–H and O–H groups in total. The molecule has 2 aromatic carbocycles. The van der Waals surface area contributed by atoms with Gasteiger partial charge in [-0.05, 0) is 43.1 Å². The van der Waals surface area contributed by atoms with Crippen molar-refractivity contribution in [2.45, 2.75) is 46.3 Å². The lowest BCUT2D eigenvalue weighted by atomic mass is 10.2. The minimum Gasteiger partial charge on any atom is -0.490 e. The summed E-state index contributed by atoms with van der Waals surface area (Å²) in [7, 11) is 0. The molecule has 0 bridgehead atoms. The SMILES string of the molecule is CCCCCNCc1ccc(OCc2ccccc2)c(OCC)c1. The molecule has 3 heteroatoms. The molecular formula is C21H29NO2. The van der Waals surface area contributed by atoms with Crippen molar-refractivity contribution in [1.29, 1.82) is 0 Å². The normalized spacial score (nSPS) is 10.6. The molecule has 0 aliphatic carbocycles. The Bertz CT molecular complexity index is 584. The van der Waals surface area contributed by atoms with Crippen LogP contribution in [0.25, 0.3) is 0 Å². The van der Waals surface area contributed by atoms with Gasteiger partial charge in [-0.25, -0.2) is 0 Å². The van der Waals surface area contributed by atoms with Gasteiger partial charge in [-0.15, -0.1) is 0 Å². The lowest BCUT2D eigenvalue weighted by molar-refractivity contribution is 0.269. The molecule has 0 saturated heterocycles. The number of hydrogen-bond acceptors (Lipinski definition) is 3. The molecule has 3 nitrogen and oxygen atoms in total. The van der Waals surface area contributed by atoms with Crippen molar-refractivity contribution in [3.63, 3.8) is 0 Å². The largest absolute Gasteiger partial charge is 0.490 e. The average Bonchev–Trinajstić information content (AvgIpc) is 2.62. The third-order valence-electron chi connectivity index (χ3n) is 3.83. The fraction of sp³-hybridized carbons (Fsp3) is 0.429. The number of ether oxygens (including phenoxy) is 2. The minimum absolute atomic E-state index is 0.551. The van der Waals surface area contributed by atoms with Crippen LogP contribution < -0.4 is 14.8 Å². The summed E-state index contributed by atoms with van der Waals surface area (Å²) < 4.78 is 11.7. The smallest absolute Gasteiger partial charge is 0.161 e. The Balaban J connectivity index is 1.92. The molecule has 0 heterocycles. The molecule has 0 spiro atoms. The highest BCUT2D eigenvalue weighted by atomic mass is 16.5. The molecule has 0 aromatic heterocycles. The maximum Gasteiger partial charge on any atom is 0.161 e. The van der Waals surface area contributed by atoms with E-state index in [0.29, 0.717) is 13.2 Å². The Morgan fingerprint density at radius 3 is 2.42 bits per heavy atom. The first kappa shape index (κ1) is 18.3. The van der Waals surface area contributed by atoms with Gasteiger partial charge in [0.15, 0.2) is 11.5 Å². The Morgan fingerprint density at radius 2 is 1.67 bits per heavy atom. The molecule has 0 atom stereocenters. The summed E-state index contributed by atoms with van der Waals surface area (Å²) in [5.41, 5.74) is 2.38. The fourth-order valence-corrected chi connectivity index (χ4v) is 2.52. The van der Waals surface area contributed by atoms with Gasteiger partial charge >= 0.3 is 0 Å². The maximum atomic E-state index is 5.94. The summed E-state index contributed by atoms with van der Waals surface area (Å²) in [6.07, 6.45) is 3.76. The van der Waals surface area contributed by atoms with Crippen LogP contribution in [0.1, 0.15) is 44.2 Å². The van der Waals surface area contributed by atoms with E-state index in [4.69, 9.17) is 9.47 Å². The van der Waals surface area contributed by atoms with Gasteiger partial charge in [0, 0.05) is 6.54 Å². The van der Waals surface area contributed by atoms with E-state index >= 15 is 0 Å². The topological polar surface area (TPSA) is 30.5 Å². The zero-order valence-electron chi connectivity index (χ0n) is 14.9. The van der Waals surface area contributed by atoms with Gasteiger partial charge in [0.25, 0.3) is 0 Å². The highest BCUT2D eigenvalue weighted by molar-refractivity contribution is 5.43. The van der Waals surface area contributed by atoms with Gasteiger partial charge in [-0.3, -0.25) is 0 Å². The van der Waals surface area contributed by atoms with E-state index in [-0.39, 0.29) is 0 Å². The van der Waals surface area contributed by atoms with Crippen LogP contribution in [-0.2, 0) is 13.2 Å². The van der Waals surface area contributed by atoms with Crippen molar-refractivity contribution in [1.82, 2.24) is 5.32 Å². The quantitative estimate of drug-likeness (QED) is 0.593. The Kier molecular flexibility index (Phi) is 8.19. The number of rotatable bonds is 11. The molecule has 0 fully saturated rings. The van der Waals surface area contributed by atoms with Crippen LogP contribution >= 0.6 is 0 Å². The molecule has 2 rings (SSSR count). The molecule has 2 aromatic rings. The van der Waals surface area contributed by atoms with Crippen LogP contribution in [0.4, 0.5) is 0 Å². The van der Waals surface area contributed by atoms with E-state index in [9.17, 15) is 0 Å². The van der Waals surface area contributed by atoms with Crippen LogP contribution in [0.2, 0.25) is 0 Å². The first-order chi connectivity index (χ1) is 11.8. The van der Waals surface area contributed by atoms with Crippen molar-refractivity contribution in [3.05, 3.63) is 59.7 Å². The number of nitrogens with one attached hydrogen (secondary N) is 1. The van der Waals surface area contributed by atoms with Crippen LogP contribution in [0, 0.1) is 0 Å². The van der Waals surface area contributed by atoms with Crippen molar-refractivity contribution in [2.24, 2.45) is 0 Å². The van der Waals surface area contributed by atoms with E-state index in [2.05, 4.69) is 36.5 Å². The Morgan fingerprint density at radius 1 is 0.833 bits per heavy atom. The van der Waals surface area contributed by atoms with Crippen LogP contribution in [0.15, 0.2) is 48.5 Å². The monoisotopic (exact) mass is 327 g/mol. The molecule has 0 radical (unpaired) electrons. The first-order valence-electron chi connectivity index (χ1n) is 8.96. The number of unbranched alkanes of at least 4 members (excludes halogenated alkanes) is 2. The maximum absolute atomic E-state index is 5.94. The van der Waals surface area contributed by atoms with Crippen LogP contribution in [0.3, 0.4) is 0 Å². The number of hydrogen-bond donors (Lipinski definition) is 1. The minimum atomic E-state index is 0.551. The highest BCUT2D eigenvalue weighted by Gasteiger charge is 2.07. The Labute approximate surface area is 146 Å². The predicted molar refractivity (Wildman–Crippen MR) is 99.6 cm³/mol. The standard InChI is InChI=1S/C21H29NO2/c1-3-5-9-14-22-16-19-12-13-20(21(15-19)23-4-2)24-17-18-10-7-6-8-11-18/h6-8,10-13,15,22H,3-5,9,14,16-17H2,1-2H3. The second kappa shape index (κ2) is 10.7. The third-order valence-corrected chi connectivity index (χ3v) is 3.83. The summed E-state index contributed by atoms with van der Waals surface area (Å²) in [6.45, 7) is 7.33. The summed E-state index contributed by atoms with van der Waals surface area (Å²) in [5, 5.41) is 3.49. The van der Waals surface area contributed by atoms with E-state index in [0.717, 1.165) is 30.2 Å². The van der Waals surface area contributed by atoms with Crippen LogP contribution in [0.5, 0.6) is 11.5 Å². The van der Waals surface area contributed by atoms with Gasteiger partial charge in [-0.1, -0.05) is 56.2 Å². The molecular weight excluding hydrogens is 298 g/mol. The number of benzene rings is 2. The molecule has 0 saturated carbocycles. The zero-order chi connectivity index (χ0) is 17.0. The second-order valence-electron chi connectivity index (χ2n) is 5.87. The van der Waals surface area contributed by atoms with E-state index in [1.807, 2.05) is 31.2 Å². The average molecular weight is 327 g/mol. The van der Waals surface area contributed by atoms with E-state index in [1.54, 1.807) is 0 Å². The predicted octanol–water partition coefficient (Wildman–Crippen LogP) is 4.94. The van der Waals surface area contributed by atoms with Crippen molar-refractivity contribution >= 4 is 0 Å².